The van der Waals surface area contributed by atoms with Gasteiger partial charge in [-0.2, -0.15) is 5.10 Å². The van der Waals surface area contributed by atoms with Crippen LogP contribution in [0.15, 0.2) is 65.8 Å². The number of carbonyl (C=O) groups excluding carboxylic acids is 1. The Balaban J connectivity index is 1.30. The fourth-order valence-corrected chi connectivity index (χ4v) is 5.29. The second-order valence-corrected chi connectivity index (χ2v) is 10.9. The van der Waals surface area contributed by atoms with Crippen LogP contribution in [0.1, 0.15) is 50.3 Å². The number of fused-ring (bicyclic) bond motifs is 2. The van der Waals surface area contributed by atoms with E-state index >= 15 is 0 Å². The van der Waals surface area contributed by atoms with Crippen LogP contribution in [0, 0.1) is 0 Å². The lowest BCUT2D eigenvalue weighted by atomic mass is 9.90. The molecule has 3 aliphatic heterocycles. The zero-order valence-corrected chi connectivity index (χ0v) is 22.2. The predicted molar refractivity (Wildman–Crippen MR) is 145 cm³/mol. The van der Waals surface area contributed by atoms with E-state index < -0.39 is 5.79 Å². The van der Waals surface area contributed by atoms with Gasteiger partial charge in [-0.05, 0) is 55.3 Å². The molecule has 38 heavy (non-hydrogen) atoms. The summed E-state index contributed by atoms with van der Waals surface area (Å²) in [6, 6.07) is 19.2. The minimum absolute atomic E-state index is 0.191. The Hall–Kier alpha value is -4.20. The van der Waals surface area contributed by atoms with Crippen LogP contribution in [0.2, 0.25) is 0 Å². The van der Waals surface area contributed by atoms with E-state index in [1.54, 1.807) is 7.11 Å². The lowest BCUT2D eigenvalue weighted by molar-refractivity contribution is -0.0439. The molecule has 0 aromatic heterocycles. The Kier molecular flexibility index (Phi) is 5.52. The fraction of sp³-hybridized carbons (Fsp3) is 0.333. The predicted octanol–water partition coefficient (Wildman–Crippen LogP) is 5.95. The number of hydrogen-bond acceptors (Lipinski definition) is 6. The molecule has 196 valence electrons. The first-order valence-corrected chi connectivity index (χ1v) is 12.8. The van der Waals surface area contributed by atoms with Crippen molar-refractivity contribution in [3.63, 3.8) is 0 Å². The van der Waals surface area contributed by atoms with Gasteiger partial charge in [-0.1, -0.05) is 30.3 Å². The number of rotatable bonds is 4. The van der Waals surface area contributed by atoms with Crippen molar-refractivity contribution in [2.24, 2.45) is 5.10 Å². The van der Waals surface area contributed by atoms with Crippen molar-refractivity contribution in [3.8, 4) is 23.0 Å². The summed E-state index contributed by atoms with van der Waals surface area (Å²) in [4.78, 5) is 13.4. The van der Waals surface area contributed by atoms with E-state index in [2.05, 4.69) is 19.2 Å². The van der Waals surface area contributed by atoms with E-state index in [1.807, 2.05) is 74.5 Å². The van der Waals surface area contributed by atoms with Gasteiger partial charge >= 0.3 is 6.03 Å². The van der Waals surface area contributed by atoms with E-state index in [0.717, 1.165) is 34.6 Å². The highest BCUT2D eigenvalue weighted by Gasteiger charge is 2.38. The largest absolute Gasteiger partial charge is 0.493 e. The Morgan fingerprint density at radius 3 is 2.55 bits per heavy atom. The summed E-state index contributed by atoms with van der Waals surface area (Å²) < 4.78 is 23.6. The third-order valence-electron chi connectivity index (χ3n) is 6.90. The molecule has 8 heteroatoms. The van der Waals surface area contributed by atoms with Gasteiger partial charge in [0.05, 0.1) is 19.4 Å². The molecule has 3 aromatic rings. The van der Waals surface area contributed by atoms with Gasteiger partial charge in [-0.3, -0.25) is 0 Å². The molecule has 1 unspecified atom stereocenters. The number of nitrogens with one attached hydrogen (secondary N) is 1. The first-order valence-electron chi connectivity index (χ1n) is 12.8. The van der Waals surface area contributed by atoms with Gasteiger partial charge in [0, 0.05) is 37.4 Å². The highest BCUT2D eigenvalue weighted by atomic mass is 16.7. The van der Waals surface area contributed by atoms with Crippen molar-refractivity contribution < 1.29 is 23.7 Å². The summed E-state index contributed by atoms with van der Waals surface area (Å²) in [5.41, 5.74) is 4.21. The Bertz CT molecular complexity index is 1450. The molecular formula is C30H31N3O5. The monoisotopic (exact) mass is 513 g/mol. The molecule has 2 amide bonds. The highest BCUT2D eigenvalue weighted by molar-refractivity contribution is 6.08. The summed E-state index contributed by atoms with van der Waals surface area (Å²) in [7, 11) is 1.61. The number of anilines is 1. The molecule has 0 spiro atoms. The second kappa shape index (κ2) is 8.68. The topological polar surface area (TPSA) is 81.6 Å². The molecule has 0 bridgehead atoms. The maximum absolute atomic E-state index is 13.4. The maximum Gasteiger partial charge on any atom is 0.342 e. The minimum atomic E-state index is -0.789. The van der Waals surface area contributed by atoms with Crippen LogP contribution in [-0.2, 0) is 6.42 Å². The minimum Gasteiger partial charge on any atom is -0.493 e. The van der Waals surface area contributed by atoms with Gasteiger partial charge in [0.15, 0.2) is 11.5 Å². The number of hydrazone groups is 1. The molecule has 0 fully saturated rings. The number of methoxy groups -OCH3 is 1. The number of hydrogen-bond donors (Lipinski definition) is 1. The van der Waals surface area contributed by atoms with E-state index in [1.165, 1.54) is 5.01 Å². The molecule has 0 saturated carbocycles. The fourth-order valence-electron chi connectivity index (χ4n) is 5.29. The molecule has 3 aromatic carbocycles. The van der Waals surface area contributed by atoms with Crippen molar-refractivity contribution in [1.29, 1.82) is 0 Å². The quantitative estimate of drug-likeness (QED) is 0.466. The number of benzene rings is 3. The first-order chi connectivity index (χ1) is 18.1. The van der Waals surface area contributed by atoms with E-state index in [4.69, 9.17) is 24.0 Å². The van der Waals surface area contributed by atoms with Crippen LogP contribution in [-0.4, -0.2) is 41.8 Å². The molecule has 0 radical (unpaired) electrons. The Labute approximate surface area is 222 Å². The van der Waals surface area contributed by atoms with Gasteiger partial charge in [0.25, 0.3) is 0 Å². The number of amides is 2. The van der Waals surface area contributed by atoms with E-state index in [9.17, 15) is 4.79 Å². The summed E-state index contributed by atoms with van der Waals surface area (Å²) >= 11 is 0. The standard InChI is InChI=1S/C30H31N3O5/c1-29(2)16-20-13-21(11-12-23(20)36-29)31-28(34)33-17-22(26(32-33)18-9-7-6-8-10-18)19-14-24(35-5)27-25(15-19)37-30(3,4)38-27/h6-15,22H,16-17H2,1-5H3,(H,31,34). The summed E-state index contributed by atoms with van der Waals surface area (Å²) in [5.74, 6) is 1.66. The highest BCUT2D eigenvalue weighted by Crippen LogP contribution is 2.48. The molecule has 3 aliphatic rings. The average Bonchev–Trinajstić information content (AvgIpc) is 3.54. The third kappa shape index (κ3) is 4.40. The van der Waals surface area contributed by atoms with Crippen molar-refractivity contribution in [2.75, 3.05) is 19.0 Å². The van der Waals surface area contributed by atoms with Crippen LogP contribution in [0.5, 0.6) is 23.0 Å². The molecule has 1 N–H and O–H groups in total. The molecule has 6 rings (SSSR count). The molecular weight excluding hydrogens is 482 g/mol. The lowest BCUT2D eigenvalue weighted by Crippen LogP contribution is -2.30. The van der Waals surface area contributed by atoms with Crippen molar-refractivity contribution in [3.05, 3.63) is 77.4 Å². The molecule has 8 nitrogen and oxygen atoms in total. The van der Waals surface area contributed by atoms with Crippen molar-refractivity contribution in [1.82, 2.24) is 5.01 Å². The number of urea groups is 1. The Morgan fingerprint density at radius 1 is 1.00 bits per heavy atom. The van der Waals surface area contributed by atoms with E-state index in [0.29, 0.717) is 29.5 Å². The Morgan fingerprint density at radius 2 is 1.79 bits per heavy atom. The van der Waals surface area contributed by atoms with Gasteiger partial charge in [-0.25, -0.2) is 9.80 Å². The SMILES string of the molecule is COc1cc(C2CN(C(=O)Nc3ccc4c(c3)CC(C)(C)O4)N=C2c2ccccc2)cc2c1OC(C)(C)O2. The van der Waals surface area contributed by atoms with Crippen LogP contribution < -0.4 is 24.3 Å². The van der Waals surface area contributed by atoms with Gasteiger partial charge in [0.2, 0.25) is 11.5 Å². The average molecular weight is 514 g/mol. The zero-order chi connectivity index (χ0) is 26.7. The van der Waals surface area contributed by atoms with Gasteiger partial charge < -0.3 is 24.3 Å². The second-order valence-electron chi connectivity index (χ2n) is 10.9. The van der Waals surface area contributed by atoms with Crippen LogP contribution in [0.4, 0.5) is 10.5 Å². The maximum atomic E-state index is 13.4. The first kappa shape index (κ1) is 24.2. The molecule has 1 atom stereocenters. The number of ether oxygens (including phenoxy) is 4. The van der Waals surface area contributed by atoms with Gasteiger partial charge in [0.1, 0.15) is 11.4 Å². The smallest absolute Gasteiger partial charge is 0.342 e. The summed E-state index contributed by atoms with van der Waals surface area (Å²) in [6.45, 7) is 8.19. The number of nitrogens with zero attached hydrogens (tertiary/aromatic N) is 2. The van der Waals surface area contributed by atoms with Crippen LogP contribution in [0.3, 0.4) is 0 Å². The van der Waals surface area contributed by atoms with Crippen LogP contribution >= 0.6 is 0 Å². The zero-order valence-electron chi connectivity index (χ0n) is 22.2. The molecule has 0 saturated heterocycles. The normalized spacial score (nSPS) is 20.0. The lowest BCUT2D eigenvalue weighted by Gasteiger charge is -2.17. The summed E-state index contributed by atoms with van der Waals surface area (Å²) in [6.07, 6.45) is 0.789. The summed E-state index contributed by atoms with van der Waals surface area (Å²) in [5, 5.41) is 9.29. The van der Waals surface area contributed by atoms with Crippen LogP contribution in [0.25, 0.3) is 0 Å². The molecule has 0 aliphatic carbocycles. The van der Waals surface area contributed by atoms with Crippen molar-refractivity contribution in [2.45, 2.75) is 51.4 Å². The van der Waals surface area contributed by atoms with Crippen molar-refractivity contribution >= 4 is 17.4 Å². The number of carbonyl (C=O) groups is 1. The molecule has 3 heterocycles. The van der Waals surface area contributed by atoms with Gasteiger partial charge in [-0.15, -0.1) is 0 Å². The third-order valence-corrected chi connectivity index (χ3v) is 6.90. The van der Waals surface area contributed by atoms with E-state index in [-0.39, 0.29) is 17.6 Å².